The Morgan fingerprint density at radius 3 is 2.67 bits per heavy atom. The highest BCUT2D eigenvalue weighted by atomic mass is 16.6. The molecule has 6 nitrogen and oxygen atoms in total. The van der Waals surface area contributed by atoms with E-state index < -0.39 is 17.1 Å². The van der Waals surface area contributed by atoms with Crippen LogP contribution in [0.4, 0.5) is 10.5 Å². The molecule has 1 aliphatic rings. The van der Waals surface area contributed by atoms with Gasteiger partial charge in [-0.3, -0.25) is 4.79 Å². The number of hydrogen-bond donors (Lipinski definition) is 2. The van der Waals surface area contributed by atoms with Crippen molar-refractivity contribution < 1.29 is 19.1 Å². The lowest BCUT2D eigenvalue weighted by Crippen LogP contribution is -2.40. The van der Waals surface area contributed by atoms with E-state index in [-0.39, 0.29) is 18.9 Å². The van der Waals surface area contributed by atoms with Gasteiger partial charge in [-0.05, 0) is 45.2 Å². The van der Waals surface area contributed by atoms with Crippen LogP contribution >= 0.6 is 0 Å². The summed E-state index contributed by atoms with van der Waals surface area (Å²) < 4.78 is 5.21. The molecule has 2 amide bonds. The van der Waals surface area contributed by atoms with Crippen molar-refractivity contribution in [1.82, 2.24) is 5.32 Å². The van der Waals surface area contributed by atoms with Crippen molar-refractivity contribution in [2.45, 2.75) is 51.0 Å². The van der Waals surface area contributed by atoms with Crippen LogP contribution in [0.25, 0.3) is 0 Å². The minimum atomic E-state index is -0.799. The topological polar surface area (TPSA) is 84.5 Å². The zero-order chi connectivity index (χ0) is 17.8. The molecule has 0 fully saturated rings. The van der Waals surface area contributed by atoms with Crippen molar-refractivity contribution in [2.24, 2.45) is 0 Å². The second-order valence-electron chi connectivity index (χ2n) is 6.97. The second kappa shape index (κ2) is 7.03. The van der Waals surface area contributed by atoms with E-state index in [4.69, 9.17) is 4.74 Å². The summed E-state index contributed by atoms with van der Waals surface area (Å²) in [7, 11) is 0. The summed E-state index contributed by atoms with van der Waals surface area (Å²) in [6.07, 6.45) is 1.41. The van der Waals surface area contributed by atoms with Crippen molar-refractivity contribution in [3.05, 3.63) is 29.8 Å². The average molecular weight is 332 g/mol. The van der Waals surface area contributed by atoms with Crippen LogP contribution in [0.3, 0.4) is 0 Å². The van der Waals surface area contributed by atoms with Gasteiger partial charge in [0.2, 0.25) is 5.91 Å². The van der Waals surface area contributed by atoms with Gasteiger partial charge < -0.3 is 20.2 Å². The molecule has 1 aliphatic heterocycles. The summed E-state index contributed by atoms with van der Waals surface area (Å²) in [4.78, 5) is 35.2. The molecular weight excluding hydrogens is 308 g/mol. The van der Waals surface area contributed by atoms with E-state index in [1.807, 2.05) is 24.3 Å². The van der Waals surface area contributed by atoms with Gasteiger partial charge in [0, 0.05) is 18.7 Å². The van der Waals surface area contributed by atoms with E-state index in [1.165, 1.54) is 0 Å². The SMILES string of the molecule is CC(C)(C)OC(=O)NCCC1(CCC=O)C(=O)Nc2ccccc21. The van der Waals surface area contributed by atoms with Crippen molar-refractivity contribution in [1.29, 1.82) is 0 Å². The third kappa shape index (κ3) is 3.93. The summed E-state index contributed by atoms with van der Waals surface area (Å²) in [6, 6.07) is 7.46. The van der Waals surface area contributed by atoms with Gasteiger partial charge in [-0.1, -0.05) is 18.2 Å². The Labute approximate surface area is 142 Å². The average Bonchev–Trinajstić information content (AvgIpc) is 2.76. The molecule has 0 saturated heterocycles. The lowest BCUT2D eigenvalue weighted by atomic mass is 9.75. The number of nitrogens with one attached hydrogen (secondary N) is 2. The van der Waals surface area contributed by atoms with Crippen LogP contribution in [0.15, 0.2) is 24.3 Å². The normalized spacial score (nSPS) is 19.4. The van der Waals surface area contributed by atoms with Gasteiger partial charge in [0.05, 0.1) is 5.41 Å². The minimum Gasteiger partial charge on any atom is -0.444 e. The molecule has 0 saturated carbocycles. The summed E-state index contributed by atoms with van der Waals surface area (Å²) in [5.41, 5.74) is 0.275. The monoisotopic (exact) mass is 332 g/mol. The predicted molar refractivity (Wildman–Crippen MR) is 90.9 cm³/mol. The fraction of sp³-hybridized carbons (Fsp3) is 0.500. The van der Waals surface area contributed by atoms with Gasteiger partial charge >= 0.3 is 6.09 Å². The number of para-hydroxylation sites is 1. The Morgan fingerprint density at radius 2 is 2.00 bits per heavy atom. The zero-order valence-corrected chi connectivity index (χ0v) is 14.3. The van der Waals surface area contributed by atoms with Crippen LogP contribution in [-0.2, 0) is 19.7 Å². The molecule has 1 atom stereocenters. The number of amides is 2. The maximum absolute atomic E-state index is 12.6. The molecule has 2 rings (SSSR count). The summed E-state index contributed by atoms with van der Waals surface area (Å²) in [5, 5.41) is 5.56. The number of anilines is 1. The molecular formula is C18H24N2O4. The fourth-order valence-electron chi connectivity index (χ4n) is 2.99. The Kier molecular flexibility index (Phi) is 5.26. The number of fused-ring (bicyclic) bond motifs is 1. The zero-order valence-electron chi connectivity index (χ0n) is 14.3. The largest absolute Gasteiger partial charge is 0.444 e. The molecule has 0 aromatic heterocycles. The third-order valence-electron chi connectivity index (χ3n) is 4.03. The molecule has 0 radical (unpaired) electrons. The number of hydrogen-bond acceptors (Lipinski definition) is 4. The third-order valence-corrected chi connectivity index (χ3v) is 4.03. The molecule has 24 heavy (non-hydrogen) atoms. The van der Waals surface area contributed by atoms with E-state index >= 15 is 0 Å². The molecule has 1 aromatic rings. The quantitative estimate of drug-likeness (QED) is 0.785. The van der Waals surface area contributed by atoms with Gasteiger partial charge in [-0.25, -0.2) is 4.79 Å². The first-order valence-electron chi connectivity index (χ1n) is 8.10. The fourth-order valence-corrected chi connectivity index (χ4v) is 2.99. The summed E-state index contributed by atoms with van der Waals surface area (Å²) in [6.45, 7) is 5.66. The molecule has 1 aromatic carbocycles. The highest BCUT2D eigenvalue weighted by Gasteiger charge is 2.45. The number of carbonyl (C=O) groups excluding carboxylic acids is 3. The van der Waals surface area contributed by atoms with Gasteiger partial charge in [-0.2, -0.15) is 0 Å². The van der Waals surface area contributed by atoms with Gasteiger partial charge in [-0.15, -0.1) is 0 Å². The first kappa shape index (κ1) is 18.0. The predicted octanol–water partition coefficient (Wildman–Crippen LogP) is 2.77. The Morgan fingerprint density at radius 1 is 1.29 bits per heavy atom. The molecule has 6 heteroatoms. The van der Waals surface area contributed by atoms with E-state index in [1.54, 1.807) is 20.8 Å². The number of rotatable bonds is 6. The van der Waals surface area contributed by atoms with Crippen molar-refractivity contribution in [2.75, 3.05) is 11.9 Å². The van der Waals surface area contributed by atoms with Gasteiger partial charge in [0.1, 0.15) is 11.9 Å². The summed E-state index contributed by atoms with van der Waals surface area (Å²) >= 11 is 0. The van der Waals surface area contributed by atoms with E-state index in [9.17, 15) is 14.4 Å². The Bertz CT molecular complexity index is 636. The van der Waals surface area contributed by atoms with Crippen LogP contribution in [0.1, 0.15) is 45.6 Å². The van der Waals surface area contributed by atoms with Crippen LogP contribution in [0.2, 0.25) is 0 Å². The van der Waals surface area contributed by atoms with E-state index in [0.717, 1.165) is 17.5 Å². The van der Waals surface area contributed by atoms with E-state index in [0.29, 0.717) is 12.8 Å². The number of aldehydes is 1. The first-order valence-corrected chi connectivity index (χ1v) is 8.10. The standard InChI is InChI=1S/C18H24N2O4/c1-17(2,3)24-16(23)19-11-10-18(9-6-12-21)13-7-4-5-8-14(13)20-15(18)22/h4-5,7-8,12H,6,9-11H2,1-3H3,(H,19,23)(H,20,22). The molecule has 1 heterocycles. The van der Waals surface area contributed by atoms with Crippen molar-refractivity contribution in [3.63, 3.8) is 0 Å². The van der Waals surface area contributed by atoms with Crippen LogP contribution in [-0.4, -0.2) is 30.4 Å². The maximum atomic E-state index is 12.6. The highest BCUT2D eigenvalue weighted by molar-refractivity contribution is 6.06. The first-order chi connectivity index (χ1) is 11.3. The molecule has 2 N–H and O–H groups in total. The lowest BCUT2D eigenvalue weighted by molar-refractivity contribution is -0.121. The highest BCUT2D eigenvalue weighted by Crippen LogP contribution is 2.43. The molecule has 0 aliphatic carbocycles. The van der Waals surface area contributed by atoms with E-state index in [2.05, 4.69) is 10.6 Å². The number of benzene rings is 1. The van der Waals surface area contributed by atoms with Gasteiger partial charge in [0.15, 0.2) is 0 Å². The number of alkyl carbamates (subject to hydrolysis) is 1. The van der Waals surface area contributed by atoms with Crippen molar-refractivity contribution in [3.8, 4) is 0 Å². The maximum Gasteiger partial charge on any atom is 0.407 e. The Hall–Kier alpha value is -2.37. The minimum absolute atomic E-state index is 0.128. The van der Waals surface area contributed by atoms with Crippen LogP contribution < -0.4 is 10.6 Å². The molecule has 130 valence electrons. The van der Waals surface area contributed by atoms with Gasteiger partial charge in [0.25, 0.3) is 0 Å². The molecule has 1 unspecified atom stereocenters. The second-order valence-corrected chi connectivity index (χ2v) is 6.97. The van der Waals surface area contributed by atoms with Crippen LogP contribution in [0.5, 0.6) is 0 Å². The lowest BCUT2D eigenvalue weighted by Gasteiger charge is -2.27. The molecule has 0 spiro atoms. The van der Waals surface area contributed by atoms with Crippen LogP contribution in [0, 0.1) is 0 Å². The number of carbonyl (C=O) groups is 3. The smallest absolute Gasteiger partial charge is 0.407 e. The molecule has 0 bridgehead atoms. The summed E-state index contributed by atoms with van der Waals surface area (Å²) in [5.74, 6) is -0.128. The number of ether oxygens (including phenoxy) is 1. The Balaban J connectivity index is 2.11. The van der Waals surface area contributed by atoms with Crippen molar-refractivity contribution >= 4 is 24.0 Å².